The van der Waals surface area contributed by atoms with Crippen molar-refractivity contribution in [3.05, 3.63) is 18.2 Å². The molecule has 0 aliphatic heterocycles. The molecule has 0 aromatic heterocycles. The lowest BCUT2D eigenvalue weighted by molar-refractivity contribution is 0.292. The van der Waals surface area contributed by atoms with Gasteiger partial charge >= 0.3 is 0 Å². The van der Waals surface area contributed by atoms with Crippen LogP contribution in [0.15, 0.2) is 23.1 Å². The van der Waals surface area contributed by atoms with Gasteiger partial charge in [0.1, 0.15) is 16.4 Å². The van der Waals surface area contributed by atoms with Gasteiger partial charge in [0, 0.05) is 6.07 Å². The highest BCUT2D eigenvalue weighted by Crippen LogP contribution is 2.33. The molecule has 0 spiro atoms. The van der Waals surface area contributed by atoms with Crippen LogP contribution in [0, 0.1) is 0 Å². The number of hydrogen-bond acceptors (Lipinski definition) is 4. The summed E-state index contributed by atoms with van der Waals surface area (Å²) in [6.45, 7) is 0. The van der Waals surface area contributed by atoms with E-state index in [4.69, 9.17) is 14.6 Å². The Hall–Kier alpha value is -1.27. The molecule has 5 nitrogen and oxygen atoms in total. The van der Waals surface area contributed by atoms with Crippen LogP contribution in [0.2, 0.25) is 0 Å². The molecule has 1 aliphatic rings. The van der Waals surface area contributed by atoms with Crippen LogP contribution >= 0.6 is 0 Å². The molecule has 0 heterocycles. The topological polar surface area (TPSA) is 78.6 Å². The Kier molecular flexibility index (Phi) is 2.77. The summed E-state index contributed by atoms with van der Waals surface area (Å²) in [6.07, 6.45) is 2.00. The summed E-state index contributed by atoms with van der Waals surface area (Å²) in [4.78, 5) is 0.000185. The van der Waals surface area contributed by atoms with Gasteiger partial charge in [-0.3, -0.25) is 0 Å². The van der Waals surface area contributed by atoms with Gasteiger partial charge in [0.05, 0.1) is 13.2 Å². The molecule has 0 amide bonds. The van der Waals surface area contributed by atoms with E-state index in [0.29, 0.717) is 5.75 Å². The summed E-state index contributed by atoms with van der Waals surface area (Å²) in [7, 11) is -2.25. The maximum Gasteiger partial charge on any atom is 0.241 e. The monoisotopic (exact) mass is 243 g/mol. The van der Waals surface area contributed by atoms with Gasteiger partial charge in [-0.05, 0) is 25.0 Å². The van der Waals surface area contributed by atoms with Gasteiger partial charge in [-0.15, -0.1) is 0 Å². The van der Waals surface area contributed by atoms with Crippen molar-refractivity contribution in [1.29, 1.82) is 0 Å². The molecular weight excluding hydrogens is 230 g/mol. The van der Waals surface area contributed by atoms with Crippen molar-refractivity contribution in [3.63, 3.8) is 0 Å². The number of primary sulfonamides is 1. The van der Waals surface area contributed by atoms with Gasteiger partial charge in [-0.2, -0.15) is 0 Å². The van der Waals surface area contributed by atoms with Crippen molar-refractivity contribution >= 4 is 10.0 Å². The molecule has 1 saturated carbocycles. The molecule has 1 aromatic rings. The second-order valence-corrected chi connectivity index (χ2v) is 5.20. The quantitative estimate of drug-likeness (QED) is 0.851. The molecule has 0 radical (unpaired) electrons. The molecular formula is C10H13NO4S. The van der Waals surface area contributed by atoms with Crippen LogP contribution in [-0.4, -0.2) is 21.6 Å². The summed E-state index contributed by atoms with van der Waals surface area (Å²) in [6, 6.07) is 4.48. The predicted octanol–water partition coefficient (Wildman–Crippen LogP) is 0.884. The lowest BCUT2D eigenvalue weighted by atomic mass is 10.3. The SMILES string of the molecule is COc1ccc(S(N)(=O)=O)c(OC2CC2)c1. The van der Waals surface area contributed by atoms with E-state index in [1.807, 2.05) is 0 Å². The number of ether oxygens (including phenoxy) is 2. The lowest BCUT2D eigenvalue weighted by Crippen LogP contribution is -2.14. The molecule has 2 N–H and O–H groups in total. The third kappa shape index (κ3) is 2.45. The minimum absolute atomic E-state index is 0.000185. The molecule has 1 fully saturated rings. The first-order chi connectivity index (χ1) is 7.50. The standard InChI is InChI=1S/C10H13NO4S/c1-14-8-4-5-10(16(11,12)13)9(6-8)15-7-2-3-7/h4-7H,2-3H2,1H3,(H2,11,12,13). The number of sulfonamides is 1. The second-order valence-electron chi connectivity index (χ2n) is 3.67. The normalized spacial score (nSPS) is 15.9. The maximum atomic E-state index is 11.3. The average molecular weight is 243 g/mol. The van der Waals surface area contributed by atoms with Crippen molar-refractivity contribution in [2.45, 2.75) is 23.8 Å². The Balaban J connectivity index is 2.41. The molecule has 16 heavy (non-hydrogen) atoms. The zero-order valence-electron chi connectivity index (χ0n) is 8.84. The lowest BCUT2D eigenvalue weighted by Gasteiger charge is -2.10. The van der Waals surface area contributed by atoms with Crippen molar-refractivity contribution in [3.8, 4) is 11.5 Å². The van der Waals surface area contributed by atoms with Crippen LogP contribution in [-0.2, 0) is 10.0 Å². The summed E-state index contributed by atoms with van der Waals surface area (Å²) in [5.74, 6) is 0.812. The Morgan fingerprint density at radius 2 is 2.06 bits per heavy atom. The highest BCUT2D eigenvalue weighted by Gasteiger charge is 2.26. The Morgan fingerprint density at radius 1 is 1.38 bits per heavy atom. The third-order valence-corrected chi connectivity index (χ3v) is 3.23. The number of benzene rings is 1. The molecule has 0 atom stereocenters. The van der Waals surface area contributed by atoms with Gasteiger partial charge in [-0.25, -0.2) is 13.6 Å². The largest absolute Gasteiger partial charge is 0.497 e. The Labute approximate surface area is 94.2 Å². The molecule has 2 rings (SSSR count). The van der Waals surface area contributed by atoms with Crippen molar-refractivity contribution in [1.82, 2.24) is 0 Å². The maximum absolute atomic E-state index is 11.3. The van der Waals surface area contributed by atoms with Gasteiger partial charge in [-0.1, -0.05) is 0 Å². The highest BCUT2D eigenvalue weighted by atomic mass is 32.2. The van der Waals surface area contributed by atoms with E-state index < -0.39 is 10.0 Å². The molecule has 88 valence electrons. The molecule has 1 aliphatic carbocycles. The average Bonchev–Trinajstić information content (AvgIpc) is 3.00. The fourth-order valence-electron chi connectivity index (χ4n) is 1.31. The number of rotatable bonds is 4. The highest BCUT2D eigenvalue weighted by molar-refractivity contribution is 7.89. The van der Waals surface area contributed by atoms with Gasteiger partial charge < -0.3 is 9.47 Å². The van der Waals surface area contributed by atoms with Crippen molar-refractivity contribution in [2.75, 3.05) is 7.11 Å². The van der Waals surface area contributed by atoms with E-state index in [-0.39, 0.29) is 16.7 Å². The van der Waals surface area contributed by atoms with E-state index in [1.165, 1.54) is 19.2 Å². The number of methoxy groups -OCH3 is 1. The first-order valence-corrected chi connectivity index (χ1v) is 6.43. The molecule has 6 heteroatoms. The van der Waals surface area contributed by atoms with Crippen LogP contribution in [0.1, 0.15) is 12.8 Å². The predicted molar refractivity (Wildman–Crippen MR) is 58.0 cm³/mol. The Bertz CT molecular complexity index is 494. The summed E-state index contributed by atoms with van der Waals surface area (Å²) in [5.41, 5.74) is 0. The summed E-state index contributed by atoms with van der Waals surface area (Å²) in [5, 5.41) is 5.10. The minimum Gasteiger partial charge on any atom is -0.497 e. The van der Waals surface area contributed by atoms with E-state index in [9.17, 15) is 8.42 Å². The minimum atomic E-state index is -3.76. The van der Waals surface area contributed by atoms with E-state index in [0.717, 1.165) is 12.8 Å². The van der Waals surface area contributed by atoms with Crippen LogP contribution in [0.5, 0.6) is 11.5 Å². The van der Waals surface area contributed by atoms with Gasteiger partial charge in [0.25, 0.3) is 0 Å². The third-order valence-electron chi connectivity index (χ3n) is 2.28. The molecule has 0 saturated heterocycles. The number of nitrogens with two attached hydrogens (primary N) is 1. The molecule has 0 unspecified atom stereocenters. The van der Waals surface area contributed by atoms with E-state index in [1.54, 1.807) is 6.07 Å². The van der Waals surface area contributed by atoms with Crippen molar-refractivity contribution in [2.24, 2.45) is 5.14 Å². The molecule has 0 bridgehead atoms. The van der Waals surface area contributed by atoms with E-state index in [2.05, 4.69) is 0 Å². The molecule has 1 aromatic carbocycles. The van der Waals surface area contributed by atoms with E-state index >= 15 is 0 Å². The first kappa shape index (κ1) is 11.2. The van der Waals surface area contributed by atoms with Gasteiger partial charge in [0.15, 0.2) is 0 Å². The fourth-order valence-corrected chi connectivity index (χ4v) is 1.95. The summed E-state index contributed by atoms with van der Waals surface area (Å²) >= 11 is 0. The van der Waals surface area contributed by atoms with Crippen LogP contribution < -0.4 is 14.6 Å². The van der Waals surface area contributed by atoms with Crippen LogP contribution in [0.25, 0.3) is 0 Å². The Morgan fingerprint density at radius 3 is 2.56 bits per heavy atom. The smallest absolute Gasteiger partial charge is 0.241 e. The van der Waals surface area contributed by atoms with Crippen molar-refractivity contribution < 1.29 is 17.9 Å². The van der Waals surface area contributed by atoms with Gasteiger partial charge in [0.2, 0.25) is 10.0 Å². The second kappa shape index (κ2) is 3.95. The zero-order valence-corrected chi connectivity index (χ0v) is 9.66. The summed E-state index contributed by atoms with van der Waals surface area (Å²) < 4.78 is 33.1. The number of hydrogen-bond donors (Lipinski definition) is 1. The zero-order chi connectivity index (χ0) is 11.8. The van der Waals surface area contributed by atoms with Crippen LogP contribution in [0.4, 0.5) is 0 Å². The van der Waals surface area contributed by atoms with Crippen LogP contribution in [0.3, 0.4) is 0 Å². The first-order valence-electron chi connectivity index (χ1n) is 4.88. The fraction of sp³-hybridized carbons (Fsp3) is 0.400.